The molecule has 4 nitrogen and oxygen atoms in total. The Morgan fingerprint density at radius 3 is 2.61 bits per heavy atom. The highest BCUT2D eigenvalue weighted by Crippen LogP contribution is 2.45. The number of hydrogen-bond acceptors (Lipinski definition) is 3. The van der Waals surface area contributed by atoms with Gasteiger partial charge in [-0.25, -0.2) is 4.99 Å². The highest BCUT2D eigenvalue weighted by molar-refractivity contribution is 5.99. The van der Waals surface area contributed by atoms with E-state index in [4.69, 9.17) is 5.73 Å². The van der Waals surface area contributed by atoms with Crippen LogP contribution in [0.25, 0.3) is 11.1 Å². The van der Waals surface area contributed by atoms with Gasteiger partial charge in [-0.3, -0.25) is 9.69 Å². The number of halogens is 3. The van der Waals surface area contributed by atoms with Crippen molar-refractivity contribution >= 4 is 11.9 Å². The van der Waals surface area contributed by atoms with E-state index in [9.17, 15) is 18.0 Å². The molecule has 0 bridgehead atoms. The molecule has 0 saturated carbocycles. The Kier molecular flexibility index (Phi) is 4.21. The first-order valence-electron chi connectivity index (χ1n) is 9.13. The van der Waals surface area contributed by atoms with Crippen molar-refractivity contribution in [3.8, 4) is 11.1 Å². The number of fused-ring (bicyclic) bond motifs is 2. The van der Waals surface area contributed by atoms with Crippen molar-refractivity contribution in [2.75, 3.05) is 7.05 Å². The molecule has 0 fully saturated rings. The molecule has 1 aliphatic carbocycles. The number of nitrogens with zero attached hydrogens (tertiary/aromatic N) is 2. The van der Waals surface area contributed by atoms with E-state index in [1.54, 1.807) is 13.1 Å². The van der Waals surface area contributed by atoms with Crippen LogP contribution in [0.15, 0.2) is 47.5 Å². The van der Waals surface area contributed by atoms with E-state index in [0.717, 1.165) is 36.1 Å². The normalized spacial score (nSPS) is 22.2. The summed E-state index contributed by atoms with van der Waals surface area (Å²) in [5.41, 5.74) is 7.66. The average molecular weight is 387 g/mol. The van der Waals surface area contributed by atoms with Crippen molar-refractivity contribution in [2.24, 2.45) is 10.7 Å². The standard InChI is InChI=1S/C21H20F3N3O/c1-27-18(28)12-20(26-19(27)25)9-3-5-13-7-8-15(11-17(13)20)14-4-2-6-16(10-14)21(22,23)24/h2,4,6-8,10-11H,3,5,9,12H2,1H3,(H2,25,26)/t20-/m0/s1. The second-order valence-corrected chi connectivity index (χ2v) is 7.44. The van der Waals surface area contributed by atoms with Crippen LogP contribution in [-0.2, 0) is 22.9 Å². The van der Waals surface area contributed by atoms with Crippen LogP contribution >= 0.6 is 0 Å². The number of alkyl halides is 3. The summed E-state index contributed by atoms with van der Waals surface area (Å²) in [5.74, 6) is 0.0680. The van der Waals surface area contributed by atoms with Crippen LogP contribution in [0.1, 0.15) is 36.0 Å². The number of aliphatic imine (C=N–C) groups is 1. The third kappa shape index (κ3) is 3.04. The van der Waals surface area contributed by atoms with Gasteiger partial charge in [0.25, 0.3) is 0 Å². The second kappa shape index (κ2) is 6.36. The fraction of sp³-hybridized carbons (Fsp3) is 0.333. The molecule has 2 aromatic rings. The molecular weight excluding hydrogens is 367 g/mol. The summed E-state index contributed by atoms with van der Waals surface area (Å²) in [6.07, 6.45) is -1.77. The van der Waals surface area contributed by atoms with E-state index in [1.807, 2.05) is 18.2 Å². The molecule has 1 amide bonds. The molecule has 2 N–H and O–H groups in total. The number of nitrogens with two attached hydrogens (primary N) is 1. The van der Waals surface area contributed by atoms with Gasteiger partial charge in [0, 0.05) is 7.05 Å². The van der Waals surface area contributed by atoms with Crippen molar-refractivity contribution in [2.45, 2.75) is 37.4 Å². The van der Waals surface area contributed by atoms with Crippen LogP contribution in [0.2, 0.25) is 0 Å². The summed E-state index contributed by atoms with van der Waals surface area (Å²) in [6, 6.07) is 10.9. The number of rotatable bonds is 1. The summed E-state index contributed by atoms with van der Waals surface area (Å²) in [5, 5.41) is 0. The van der Waals surface area contributed by atoms with E-state index in [1.165, 1.54) is 11.0 Å². The first-order chi connectivity index (χ1) is 13.2. The first-order valence-corrected chi connectivity index (χ1v) is 9.13. The van der Waals surface area contributed by atoms with Crippen LogP contribution in [0.5, 0.6) is 0 Å². The monoisotopic (exact) mass is 387 g/mol. The topological polar surface area (TPSA) is 58.7 Å². The minimum atomic E-state index is -4.40. The van der Waals surface area contributed by atoms with Crippen molar-refractivity contribution in [3.63, 3.8) is 0 Å². The summed E-state index contributed by atoms with van der Waals surface area (Å²) in [4.78, 5) is 18.4. The number of guanidine groups is 1. The molecule has 1 atom stereocenters. The second-order valence-electron chi connectivity index (χ2n) is 7.44. The largest absolute Gasteiger partial charge is 0.416 e. The van der Waals surface area contributed by atoms with Gasteiger partial charge in [-0.2, -0.15) is 13.2 Å². The number of aryl methyl sites for hydroxylation is 1. The molecule has 2 aliphatic rings. The third-order valence-electron chi connectivity index (χ3n) is 5.66. The minimum Gasteiger partial charge on any atom is -0.369 e. The van der Waals surface area contributed by atoms with Crippen LogP contribution < -0.4 is 5.73 Å². The molecule has 146 valence electrons. The highest BCUT2D eigenvalue weighted by atomic mass is 19.4. The Hall–Kier alpha value is -2.83. The predicted octanol–water partition coefficient (Wildman–Crippen LogP) is 4.08. The van der Waals surface area contributed by atoms with E-state index in [0.29, 0.717) is 17.5 Å². The van der Waals surface area contributed by atoms with Gasteiger partial charge in [0.15, 0.2) is 5.96 Å². The molecular formula is C21H20F3N3O. The maximum Gasteiger partial charge on any atom is 0.416 e. The molecule has 4 rings (SSSR count). The lowest BCUT2D eigenvalue weighted by Gasteiger charge is -2.40. The van der Waals surface area contributed by atoms with Crippen LogP contribution in [-0.4, -0.2) is 23.8 Å². The van der Waals surface area contributed by atoms with Crippen LogP contribution in [0.4, 0.5) is 13.2 Å². The molecule has 1 spiro atoms. The highest BCUT2D eigenvalue weighted by Gasteiger charge is 2.43. The van der Waals surface area contributed by atoms with Gasteiger partial charge in [0.2, 0.25) is 5.91 Å². The van der Waals surface area contributed by atoms with E-state index >= 15 is 0 Å². The summed E-state index contributed by atoms with van der Waals surface area (Å²) < 4.78 is 39.3. The lowest BCUT2D eigenvalue weighted by atomic mass is 9.73. The molecule has 2 aromatic carbocycles. The molecule has 0 unspecified atom stereocenters. The third-order valence-corrected chi connectivity index (χ3v) is 5.66. The molecule has 0 radical (unpaired) electrons. The molecule has 0 aromatic heterocycles. The van der Waals surface area contributed by atoms with Gasteiger partial charge in [-0.15, -0.1) is 0 Å². The molecule has 0 saturated heterocycles. The number of hydrogen-bond donors (Lipinski definition) is 1. The van der Waals surface area contributed by atoms with E-state index in [2.05, 4.69) is 4.99 Å². The number of benzene rings is 2. The average Bonchev–Trinajstić information content (AvgIpc) is 2.66. The van der Waals surface area contributed by atoms with Crippen molar-refractivity contribution in [1.29, 1.82) is 0 Å². The lowest BCUT2D eigenvalue weighted by molar-refractivity contribution is -0.137. The molecule has 1 heterocycles. The van der Waals surface area contributed by atoms with Gasteiger partial charge in [-0.1, -0.05) is 24.3 Å². The number of carbonyl (C=O) groups excluding carboxylic acids is 1. The van der Waals surface area contributed by atoms with Crippen LogP contribution in [0, 0.1) is 0 Å². The van der Waals surface area contributed by atoms with E-state index in [-0.39, 0.29) is 18.3 Å². The van der Waals surface area contributed by atoms with Gasteiger partial charge in [0.1, 0.15) is 0 Å². The summed E-state index contributed by atoms with van der Waals surface area (Å²) in [6.45, 7) is 0. The molecule has 1 aliphatic heterocycles. The fourth-order valence-electron chi connectivity index (χ4n) is 4.12. The molecule has 7 heteroatoms. The van der Waals surface area contributed by atoms with Gasteiger partial charge >= 0.3 is 6.18 Å². The first kappa shape index (κ1) is 18.5. The Bertz CT molecular complexity index is 983. The Morgan fingerprint density at radius 2 is 1.89 bits per heavy atom. The van der Waals surface area contributed by atoms with Crippen molar-refractivity contribution < 1.29 is 18.0 Å². The maximum atomic E-state index is 13.1. The Morgan fingerprint density at radius 1 is 1.14 bits per heavy atom. The Labute approximate surface area is 160 Å². The SMILES string of the molecule is CN1C(=O)C[C@]2(CCCc3ccc(-c4cccc(C(F)(F)F)c4)cc32)N=C1N. The zero-order chi connectivity index (χ0) is 20.1. The summed E-state index contributed by atoms with van der Waals surface area (Å²) >= 11 is 0. The smallest absolute Gasteiger partial charge is 0.369 e. The zero-order valence-corrected chi connectivity index (χ0v) is 15.4. The Balaban J connectivity index is 1.83. The lowest BCUT2D eigenvalue weighted by Crippen LogP contribution is -2.49. The summed E-state index contributed by atoms with van der Waals surface area (Å²) in [7, 11) is 1.59. The predicted molar refractivity (Wildman–Crippen MR) is 101 cm³/mol. The number of amides is 1. The van der Waals surface area contributed by atoms with Gasteiger partial charge in [-0.05, 0) is 59.7 Å². The molecule has 28 heavy (non-hydrogen) atoms. The fourth-order valence-corrected chi connectivity index (χ4v) is 4.12. The van der Waals surface area contributed by atoms with Gasteiger partial charge < -0.3 is 5.73 Å². The maximum absolute atomic E-state index is 13.1. The zero-order valence-electron chi connectivity index (χ0n) is 15.4. The van der Waals surface area contributed by atoms with Crippen molar-refractivity contribution in [3.05, 3.63) is 59.2 Å². The number of carbonyl (C=O) groups is 1. The van der Waals surface area contributed by atoms with Crippen molar-refractivity contribution in [1.82, 2.24) is 4.90 Å². The van der Waals surface area contributed by atoms with E-state index < -0.39 is 17.3 Å². The quantitative estimate of drug-likeness (QED) is 0.802. The van der Waals surface area contributed by atoms with Gasteiger partial charge in [0.05, 0.1) is 17.5 Å². The van der Waals surface area contributed by atoms with Crippen LogP contribution in [0.3, 0.4) is 0 Å². The minimum absolute atomic E-state index is 0.107.